The highest BCUT2D eigenvalue weighted by molar-refractivity contribution is 5.96. The van der Waals surface area contributed by atoms with E-state index in [1.807, 2.05) is 61.5 Å². The fourth-order valence-corrected chi connectivity index (χ4v) is 4.43. The molecule has 0 aliphatic carbocycles. The average molecular weight is 459 g/mol. The molecule has 6 heteroatoms. The van der Waals surface area contributed by atoms with Crippen molar-refractivity contribution in [2.75, 3.05) is 5.32 Å². The molecule has 4 aromatic carbocycles. The van der Waals surface area contributed by atoms with Crippen molar-refractivity contribution >= 4 is 33.5 Å². The van der Waals surface area contributed by atoms with E-state index >= 15 is 0 Å². The topological polar surface area (TPSA) is 83.8 Å². The maximum atomic E-state index is 11.7. The second kappa shape index (κ2) is 8.25. The molecule has 0 saturated carbocycles. The highest BCUT2D eigenvalue weighted by Gasteiger charge is 2.17. The summed E-state index contributed by atoms with van der Waals surface area (Å²) in [7, 11) is 0. The van der Waals surface area contributed by atoms with Crippen LogP contribution in [0.3, 0.4) is 0 Å². The first-order chi connectivity index (χ1) is 17.0. The van der Waals surface area contributed by atoms with Gasteiger partial charge in [-0.05, 0) is 53.6 Å². The fourth-order valence-electron chi connectivity index (χ4n) is 4.43. The maximum Gasteiger partial charge on any atom is 0.231 e. The summed E-state index contributed by atoms with van der Waals surface area (Å²) >= 11 is 0. The monoisotopic (exact) mass is 458 g/mol. The number of anilines is 1. The summed E-state index contributed by atoms with van der Waals surface area (Å²) in [6.45, 7) is 3.55. The molecule has 6 rings (SSSR count). The lowest BCUT2D eigenvalue weighted by Gasteiger charge is -2.12. The molecule has 0 spiro atoms. The molecule has 0 bridgehead atoms. The number of hydrogen-bond acceptors (Lipinski definition) is 4. The Morgan fingerprint density at radius 3 is 2.51 bits per heavy atom. The lowest BCUT2D eigenvalue weighted by molar-refractivity contribution is -0.114. The van der Waals surface area contributed by atoms with Gasteiger partial charge in [0.25, 0.3) is 0 Å². The Labute approximate surface area is 201 Å². The van der Waals surface area contributed by atoms with Crippen LogP contribution in [0.1, 0.15) is 12.5 Å². The molecule has 170 valence electrons. The molecule has 2 heterocycles. The molecule has 1 amide bonds. The fraction of sp³-hybridized carbons (Fsp3) is 0.0690. The van der Waals surface area contributed by atoms with E-state index in [1.54, 1.807) is 6.20 Å². The van der Waals surface area contributed by atoms with Gasteiger partial charge in [0.05, 0.1) is 17.5 Å². The van der Waals surface area contributed by atoms with Gasteiger partial charge in [0.1, 0.15) is 5.52 Å². The Hall–Kier alpha value is -4.71. The Balaban J connectivity index is 1.44. The number of nitrogens with one attached hydrogen (secondary N) is 2. The van der Waals surface area contributed by atoms with E-state index in [0.29, 0.717) is 5.89 Å². The third-order valence-electron chi connectivity index (χ3n) is 6.07. The predicted octanol–water partition coefficient (Wildman–Crippen LogP) is 6.97. The van der Waals surface area contributed by atoms with Crippen molar-refractivity contribution in [1.82, 2.24) is 15.2 Å². The number of aromatic amines is 1. The van der Waals surface area contributed by atoms with Crippen molar-refractivity contribution < 1.29 is 9.21 Å². The first-order valence-electron chi connectivity index (χ1n) is 11.4. The number of aryl methyl sites for hydroxylation is 1. The van der Waals surface area contributed by atoms with Gasteiger partial charge in [0.15, 0.2) is 5.58 Å². The molecule has 0 aliphatic heterocycles. The Morgan fingerprint density at radius 1 is 0.886 bits per heavy atom. The maximum absolute atomic E-state index is 11.7. The normalized spacial score (nSPS) is 11.3. The molecular weight excluding hydrogens is 436 g/mol. The molecule has 0 unspecified atom stereocenters. The second-order valence-corrected chi connectivity index (χ2v) is 8.66. The molecule has 0 fully saturated rings. The number of fused-ring (bicyclic) bond motifs is 2. The van der Waals surface area contributed by atoms with Crippen LogP contribution in [-0.4, -0.2) is 21.1 Å². The number of carbonyl (C=O) groups excluding carboxylic acids is 1. The number of H-pyrrole nitrogens is 1. The minimum Gasteiger partial charge on any atom is -0.436 e. The van der Waals surface area contributed by atoms with Gasteiger partial charge in [-0.25, -0.2) is 4.98 Å². The molecule has 0 aliphatic rings. The summed E-state index contributed by atoms with van der Waals surface area (Å²) in [5.41, 5.74) is 7.91. The number of oxazole rings is 1. The highest BCUT2D eigenvalue weighted by atomic mass is 16.3. The largest absolute Gasteiger partial charge is 0.436 e. The standard InChI is InChI=1S/C29H22N4O2/c1-17-10-11-25(31-18(2)34)23(12-17)21-8-5-9-22(13-21)28-24(16-30-33-28)29-32-26-14-19-6-3-4-7-20(19)15-27(26)35-29/h3-16H,1-2H3,(H,30,33)(H,31,34). The van der Waals surface area contributed by atoms with Crippen molar-refractivity contribution in [3.05, 3.63) is 90.6 Å². The summed E-state index contributed by atoms with van der Waals surface area (Å²) in [6, 6.07) is 26.3. The number of carbonyl (C=O) groups is 1. The third kappa shape index (κ3) is 3.85. The van der Waals surface area contributed by atoms with E-state index in [-0.39, 0.29) is 5.91 Å². The van der Waals surface area contributed by atoms with Gasteiger partial charge >= 0.3 is 0 Å². The SMILES string of the molecule is CC(=O)Nc1ccc(C)cc1-c1cccc(-c2[nH]ncc2-c2nc3cc4ccccc4cc3o2)c1. The number of hydrogen-bond donors (Lipinski definition) is 2. The smallest absolute Gasteiger partial charge is 0.231 e. The quantitative estimate of drug-likeness (QED) is 0.299. The zero-order chi connectivity index (χ0) is 23.9. The van der Waals surface area contributed by atoms with Crippen LogP contribution in [0.2, 0.25) is 0 Å². The summed E-state index contributed by atoms with van der Waals surface area (Å²) in [6.07, 6.45) is 1.74. The molecule has 2 aromatic heterocycles. The van der Waals surface area contributed by atoms with E-state index in [0.717, 1.165) is 61.1 Å². The second-order valence-electron chi connectivity index (χ2n) is 8.66. The molecular formula is C29H22N4O2. The molecule has 0 atom stereocenters. The molecule has 6 aromatic rings. The average Bonchev–Trinajstić information content (AvgIpc) is 3.50. The number of benzene rings is 4. The van der Waals surface area contributed by atoms with Crippen LogP contribution in [0.4, 0.5) is 5.69 Å². The third-order valence-corrected chi connectivity index (χ3v) is 6.07. The van der Waals surface area contributed by atoms with Crippen molar-refractivity contribution in [2.24, 2.45) is 0 Å². The summed E-state index contributed by atoms with van der Waals surface area (Å²) < 4.78 is 6.16. The molecule has 2 N–H and O–H groups in total. The van der Waals surface area contributed by atoms with Gasteiger partial charge in [0, 0.05) is 23.7 Å². The minimum absolute atomic E-state index is 0.106. The predicted molar refractivity (Wildman–Crippen MR) is 139 cm³/mol. The van der Waals surface area contributed by atoms with E-state index in [9.17, 15) is 4.79 Å². The van der Waals surface area contributed by atoms with Crippen LogP contribution in [0.5, 0.6) is 0 Å². The van der Waals surface area contributed by atoms with Crippen LogP contribution in [-0.2, 0) is 4.79 Å². The van der Waals surface area contributed by atoms with Gasteiger partial charge in [-0.1, -0.05) is 54.1 Å². The van der Waals surface area contributed by atoms with Crippen molar-refractivity contribution in [2.45, 2.75) is 13.8 Å². The minimum atomic E-state index is -0.106. The van der Waals surface area contributed by atoms with Gasteiger partial charge in [0.2, 0.25) is 11.8 Å². The van der Waals surface area contributed by atoms with Gasteiger partial charge in [-0.15, -0.1) is 0 Å². The van der Waals surface area contributed by atoms with E-state index in [4.69, 9.17) is 9.40 Å². The summed E-state index contributed by atoms with van der Waals surface area (Å²) in [5, 5.41) is 12.6. The first-order valence-corrected chi connectivity index (χ1v) is 11.4. The van der Waals surface area contributed by atoms with Crippen molar-refractivity contribution in [1.29, 1.82) is 0 Å². The first kappa shape index (κ1) is 20.9. The zero-order valence-electron chi connectivity index (χ0n) is 19.3. The Bertz CT molecular complexity index is 1680. The van der Waals surface area contributed by atoms with Gasteiger partial charge in [-0.3, -0.25) is 9.89 Å². The molecule has 0 saturated heterocycles. The van der Waals surface area contributed by atoms with Gasteiger partial charge < -0.3 is 9.73 Å². The van der Waals surface area contributed by atoms with Crippen LogP contribution in [0.25, 0.3) is 55.7 Å². The lowest BCUT2D eigenvalue weighted by atomic mass is 9.97. The Kier molecular flexibility index (Phi) is 4.92. The summed E-state index contributed by atoms with van der Waals surface area (Å²) in [5.74, 6) is 0.407. The zero-order valence-corrected chi connectivity index (χ0v) is 19.3. The lowest BCUT2D eigenvalue weighted by Crippen LogP contribution is -2.07. The van der Waals surface area contributed by atoms with Crippen LogP contribution < -0.4 is 5.32 Å². The number of amides is 1. The van der Waals surface area contributed by atoms with Gasteiger partial charge in [-0.2, -0.15) is 5.10 Å². The molecule has 6 nitrogen and oxygen atoms in total. The molecule has 0 radical (unpaired) electrons. The van der Waals surface area contributed by atoms with E-state index in [2.05, 4.69) is 39.8 Å². The Morgan fingerprint density at radius 2 is 1.69 bits per heavy atom. The van der Waals surface area contributed by atoms with Crippen molar-refractivity contribution in [3.63, 3.8) is 0 Å². The highest BCUT2D eigenvalue weighted by Crippen LogP contribution is 2.36. The number of rotatable bonds is 4. The van der Waals surface area contributed by atoms with E-state index < -0.39 is 0 Å². The van der Waals surface area contributed by atoms with E-state index in [1.165, 1.54) is 6.92 Å². The summed E-state index contributed by atoms with van der Waals surface area (Å²) in [4.78, 5) is 16.5. The van der Waals surface area contributed by atoms with Crippen LogP contribution >= 0.6 is 0 Å². The van der Waals surface area contributed by atoms with Crippen molar-refractivity contribution in [3.8, 4) is 33.8 Å². The van der Waals surface area contributed by atoms with Crippen LogP contribution in [0, 0.1) is 6.92 Å². The number of nitrogens with zero attached hydrogens (tertiary/aromatic N) is 2. The number of aromatic nitrogens is 3. The van der Waals surface area contributed by atoms with Crippen LogP contribution in [0.15, 0.2) is 89.5 Å². The molecule has 35 heavy (non-hydrogen) atoms.